The van der Waals surface area contributed by atoms with Gasteiger partial charge in [0, 0.05) is 42.3 Å². The summed E-state index contributed by atoms with van der Waals surface area (Å²) in [4.78, 5) is 7.07. The van der Waals surface area contributed by atoms with Crippen molar-refractivity contribution in [3.63, 3.8) is 0 Å². The lowest BCUT2D eigenvalue weighted by Gasteiger charge is -2.18. The van der Waals surface area contributed by atoms with Crippen LogP contribution in [0.15, 0.2) is 48.5 Å². The maximum atomic E-state index is 5.56. The number of nitrogens with zero attached hydrogens (tertiary/aromatic N) is 2. The molecular formula is C25H27N3O2. The van der Waals surface area contributed by atoms with Crippen LogP contribution in [-0.4, -0.2) is 33.3 Å². The van der Waals surface area contributed by atoms with Crippen LogP contribution in [0, 0.1) is 13.8 Å². The molecule has 0 aliphatic carbocycles. The Morgan fingerprint density at radius 1 is 0.833 bits per heavy atom. The zero-order valence-electron chi connectivity index (χ0n) is 18.3. The van der Waals surface area contributed by atoms with Crippen molar-refractivity contribution in [2.75, 3.05) is 38.5 Å². The van der Waals surface area contributed by atoms with E-state index in [1.165, 1.54) is 11.1 Å². The van der Waals surface area contributed by atoms with Gasteiger partial charge in [0.25, 0.3) is 0 Å². The van der Waals surface area contributed by atoms with E-state index in [9.17, 15) is 0 Å². The van der Waals surface area contributed by atoms with Crippen molar-refractivity contribution in [3.8, 4) is 11.5 Å². The number of methoxy groups -OCH3 is 2. The van der Waals surface area contributed by atoms with Crippen molar-refractivity contribution < 1.29 is 9.47 Å². The number of pyridine rings is 1. The van der Waals surface area contributed by atoms with Crippen LogP contribution in [0.1, 0.15) is 11.1 Å². The number of ether oxygens (including phenoxy) is 2. The maximum absolute atomic E-state index is 5.56. The quantitative estimate of drug-likeness (QED) is 0.426. The lowest BCUT2D eigenvalue weighted by molar-refractivity contribution is 0.356. The van der Waals surface area contributed by atoms with Gasteiger partial charge in [-0.15, -0.1) is 0 Å². The van der Waals surface area contributed by atoms with Gasteiger partial charge in [0.2, 0.25) is 0 Å². The van der Waals surface area contributed by atoms with Crippen LogP contribution >= 0.6 is 0 Å². The molecule has 0 radical (unpaired) electrons. The van der Waals surface area contributed by atoms with E-state index in [-0.39, 0.29) is 0 Å². The van der Waals surface area contributed by atoms with Gasteiger partial charge in [-0.25, -0.2) is 4.98 Å². The Labute approximate surface area is 177 Å². The number of anilines is 3. The molecule has 0 aliphatic rings. The molecule has 4 aromatic rings. The van der Waals surface area contributed by atoms with Crippen molar-refractivity contribution >= 4 is 38.9 Å². The first kappa shape index (κ1) is 19.8. The Bertz CT molecular complexity index is 1230. The fourth-order valence-corrected chi connectivity index (χ4v) is 3.70. The summed E-state index contributed by atoms with van der Waals surface area (Å²) < 4.78 is 11.1. The van der Waals surface area contributed by atoms with Crippen molar-refractivity contribution in [2.45, 2.75) is 13.8 Å². The molecule has 0 saturated heterocycles. The number of aromatic nitrogens is 1. The zero-order valence-corrected chi connectivity index (χ0v) is 18.3. The highest BCUT2D eigenvalue weighted by atomic mass is 16.5. The third kappa shape index (κ3) is 3.36. The minimum atomic E-state index is 0.670. The van der Waals surface area contributed by atoms with Gasteiger partial charge in [0.1, 0.15) is 0 Å². The Kier molecular flexibility index (Phi) is 5.12. The molecule has 154 valence electrons. The van der Waals surface area contributed by atoms with E-state index in [4.69, 9.17) is 14.5 Å². The van der Waals surface area contributed by atoms with Gasteiger partial charge in [0.05, 0.1) is 30.9 Å². The molecule has 0 aliphatic heterocycles. The molecule has 1 aromatic heterocycles. The average Bonchev–Trinajstić information content (AvgIpc) is 2.75. The first-order chi connectivity index (χ1) is 14.4. The normalized spacial score (nSPS) is 11.0. The standard InChI is InChI=1S/C25H27N3O2/c1-15-7-12-19-24(16(15)2)27-21-14-23(30-6)22(29-5)13-20(21)25(19)26-17-8-10-18(11-9-17)28(3)4/h7-14H,1-6H3,(H,26,27). The van der Waals surface area contributed by atoms with Gasteiger partial charge in [-0.2, -0.15) is 0 Å². The highest BCUT2D eigenvalue weighted by Gasteiger charge is 2.16. The predicted octanol–water partition coefficient (Wildman–Crippen LogP) is 5.83. The molecule has 5 nitrogen and oxygen atoms in total. The van der Waals surface area contributed by atoms with Gasteiger partial charge in [-0.3, -0.25) is 0 Å². The van der Waals surface area contributed by atoms with Crippen LogP contribution in [0.5, 0.6) is 11.5 Å². The molecule has 0 amide bonds. The Hall–Kier alpha value is -3.47. The second-order valence-corrected chi connectivity index (χ2v) is 7.68. The second kappa shape index (κ2) is 7.75. The highest BCUT2D eigenvalue weighted by molar-refractivity contribution is 6.10. The number of rotatable bonds is 5. The molecule has 1 heterocycles. The molecule has 5 heteroatoms. The van der Waals surface area contributed by atoms with E-state index in [1.807, 2.05) is 26.2 Å². The summed E-state index contributed by atoms with van der Waals surface area (Å²) >= 11 is 0. The predicted molar refractivity (Wildman–Crippen MR) is 126 cm³/mol. The fraction of sp³-hybridized carbons (Fsp3) is 0.240. The largest absolute Gasteiger partial charge is 0.493 e. The summed E-state index contributed by atoms with van der Waals surface area (Å²) in [6.07, 6.45) is 0. The van der Waals surface area contributed by atoms with E-state index in [1.54, 1.807) is 14.2 Å². The molecule has 4 rings (SSSR count). The number of hydrogen-bond acceptors (Lipinski definition) is 5. The Morgan fingerprint density at radius 2 is 1.50 bits per heavy atom. The molecule has 1 N–H and O–H groups in total. The van der Waals surface area contributed by atoms with E-state index in [0.717, 1.165) is 38.9 Å². The van der Waals surface area contributed by atoms with Crippen molar-refractivity contribution in [1.82, 2.24) is 4.98 Å². The average molecular weight is 402 g/mol. The van der Waals surface area contributed by atoms with Gasteiger partial charge in [-0.05, 0) is 55.3 Å². The number of nitrogens with one attached hydrogen (secondary N) is 1. The zero-order chi connectivity index (χ0) is 21.4. The fourth-order valence-electron chi connectivity index (χ4n) is 3.70. The number of aryl methyl sites for hydroxylation is 2. The Morgan fingerprint density at radius 3 is 2.13 bits per heavy atom. The first-order valence-electron chi connectivity index (χ1n) is 9.93. The van der Waals surface area contributed by atoms with E-state index < -0.39 is 0 Å². The van der Waals surface area contributed by atoms with E-state index in [0.29, 0.717) is 11.5 Å². The summed E-state index contributed by atoms with van der Waals surface area (Å²) in [6, 6.07) is 16.6. The number of benzene rings is 3. The van der Waals surface area contributed by atoms with Crippen LogP contribution in [0.2, 0.25) is 0 Å². The SMILES string of the molecule is COc1cc2nc3c(C)c(C)ccc3c(Nc3ccc(N(C)C)cc3)c2cc1OC. The van der Waals surface area contributed by atoms with Crippen LogP contribution < -0.4 is 19.7 Å². The monoisotopic (exact) mass is 401 g/mol. The minimum Gasteiger partial charge on any atom is -0.493 e. The smallest absolute Gasteiger partial charge is 0.162 e. The van der Waals surface area contributed by atoms with Gasteiger partial charge < -0.3 is 19.7 Å². The summed E-state index contributed by atoms with van der Waals surface area (Å²) in [7, 11) is 7.37. The molecule has 0 bridgehead atoms. The van der Waals surface area contributed by atoms with Crippen LogP contribution in [0.3, 0.4) is 0 Å². The van der Waals surface area contributed by atoms with Crippen molar-refractivity contribution in [2.24, 2.45) is 0 Å². The molecule has 0 atom stereocenters. The first-order valence-corrected chi connectivity index (χ1v) is 9.93. The highest BCUT2D eigenvalue weighted by Crippen LogP contribution is 2.40. The lowest BCUT2D eigenvalue weighted by atomic mass is 10.0. The van der Waals surface area contributed by atoms with Gasteiger partial charge in [-0.1, -0.05) is 12.1 Å². The topological polar surface area (TPSA) is 46.6 Å². The summed E-state index contributed by atoms with van der Waals surface area (Å²) in [5, 5.41) is 5.70. The number of hydrogen-bond donors (Lipinski definition) is 1. The maximum Gasteiger partial charge on any atom is 0.162 e. The number of fused-ring (bicyclic) bond motifs is 2. The summed E-state index contributed by atoms with van der Waals surface area (Å²) in [6.45, 7) is 4.23. The van der Waals surface area contributed by atoms with Crippen LogP contribution in [0.4, 0.5) is 17.1 Å². The van der Waals surface area contributed by atoms with Crippen molar-refractivity contribution in [3.05, 3.63) is 59.7 Å². The third-order valence-corrected chi connectivity index (χ3v) is 5.63. The molecular weight excluding hydrogens is 374 g/mol. The molecule has 30 heavy (non-hydrogen) atoms. The molecule has 0 unspecified atom stereocenters. The molecule has 3 aromatic carbocycles. The van der Waals surface area contributed by atoms with Gasteiger partial charge in [0.15, 0.2) is 11.5 Å². The minimum absolute atomic E-state index is 0.670. The Balaban J connectivity index is 1.98. The summed E-state index contributed by atoms with van der Waals surface area (Å²) in [5.74, 6) is 1.35. The second-order valence-electron chi connectivity index (χ2n) is 7.68. The van der Waals surface area contributed by atoms with E-state index in [2.05, 4.69) is 60.5 Å². The molecule has 0 fully saturated rings. The lowest BCUT2D eigenvalue weighted by Crippen LogP contribution is -2.08. The van der Waals surface area contributed by atoms with E-state index >= 15 is 0 Å². The van der Waals surface area contributed by atoms with Gasteiger partial charge >= 0.3 is 0 Å². The third-order valence-electron chi connectivity index (χ3n) is 5.63. The molecule has 0 saturated carbocycles. The van der Waals surface area contributed by atoms with Crippen LogP contribution in [-0.2, 0) is 0 Å². The van der Waals surface area contributed by atoms with Crippen molar-refractivity contribution in [1.29, 1.82) is 0 Å². The van der Waals surface area contributed by atoms with Crippen LogP contribution in [0.25, 0.3) is 21.8 Å². The molecule has 0 spiro atoms. The summed E-state index contributed by atoms with van der Waals surface area (Å²) in [5.41, 5.74) is 7.43.